The molecule has 0 unspecified atom stereocenters. The lowest BCUT2D eigenvalue weighted by atomic mass is 10.2. The first kappa shape index (κ1) is 18.5. The van der Waals surface area contributed by atoms with Crippen LogP contribution < -0.4 is 0 Å². The van der Waals surface area contributed by atoms with E-state index in [4.69, 9.17) is 23.2 Å². The van der Waals surface area contributed by atoms with Crippen molar-refractivity contribution in [1.29, 1.82) is 0 Å². The van der Waals surface area contributed by atoms with Crippen LogP contribution in [0.15, 0.2) is 18.2 Å². The van der Waals surface area contributed by atoms with Crippen LogP contribution in [-0.2, 0) is 10.0 Å². The van der Waals surface area contributed by atoms with Crippen LogP contribution in [-0.4, -0.2) is 55.5 Å². The van der Waals surface area contributed by atoms with Gasteiger partial charge in [0, 0.05) is 31.7 Å². The highest BCUT2D eigenvalue weighted by atomic mass is 35.5. The van der Waals surface area contributed by atoms with Gasteiger partial charge in [0.2, 0.25) is 10.0 Å². The van der Waals surface area contributed by atoms with Gasteiger partial charge in [-0.3, -0.25) is 4.79 Å². The quantitative estimate of drug-likeness (QED) is 0.791. The molecule has 1 fully saturated rings. The molecule has 1 saturated heterocycles. The van der Waals surface area contributed by atoms with Gasteiger partial charge < -0.3 is 4.90 Å². The van der Waals surface area contributed by atoms with Crippen molar-refractivity contribution in [2.75, 3.05) is 31.9 Å². The number of sulfonamides is 1. The van der Waals surface area contributed by atoms with Gasteiger partial charge in [0.15, 0.2) is 0 Å². The first-order chi connectivity index (χ1) is 10.8. The fourth-order valence-corrected chi connectivity index (χ4v) is 4.37. The predicted octanol–water partition coefficient (Wildman–Crippen LogP) is 2.88. The van der Waals surface area contributed by atoms with Crippen LogP contribution in [0.1, 0.15) is 30.1 Å². The zero-order valence-electron chi connectivity index (χ0n) is 13.0. The molecule has 1 aliphatic rings. The number of benzene rings is 1. The van der Waals surface area contributed by atoms with E-state index in [-0.39, 0.29) is 11.7 Å². The second-order valence-corrected chi connectivity index (χ2v) is 8.39. The average Bonchev–Trinajstić information content (AvgIpc) is 2.55. The van der Waals surface area contributed by atoms with Gasteiger partial charge in [0.1, 0.15) is 0 Å². The molecule has 0 N–H and O–H groups in total. The number of rotatable bonds is 5. The monoisotopic (exact) mass is 378 g/mol. The molecular weight excluding hydrogens is 359 g/mol. The summed E-state index contributed by atoms with van der Waals surface area (Å²) >= 11 is 11.8. The minimum atomic E-state index is -3.21. The van der Waals surface area contributed by atoms with Gasteiger partial charge in [-0.25, -0.2) is 8.42 Å². The van der Waals surface area contributed by atoms with Gasteiger partial charge in [0.05, 0.1) is 15.8 Å². The molecule has 1 heterocycles. The third-order valence-corrected chi connectivity index (χ3v) is 6.54. The van der Waals surface area contributed by atoms with E-state index in [9.17, 15) is 13.2 Å². The van der Waals surface area contributed by atoms with Crippen LogP contribution in [0.4, 0.5) is 0 Å². The zero-order chi connectivity index (χ0) is 17.0. The predicted molar refractivity (Wildman–Crippen MR) is 92.6 cm³/mol. The molecule has 0 bridgehead atoms. The molecular formula is C15H20Cl2N2O3S. The molecule has 1 aromatic rings. The van der Waals surface area contributed by atoms with E-state index in [1.54, 1.807) is 17.0 Å². The summed E-state index contributed by atoms with van der Waals surface area (Å²) in [7, 11) is -3.21. The minimum Gasteiger partial charge on any atom is -0.336 e. The van der Waals surface area contributed by atoms with E-state index in [1.165, 1.54) is 10.4 Å². The lowest BCUT2D eigenvalue weighted by Gasteiger charge is -2.34. The van der Waals surface area contributed by atoms with Gasteiger partial charge in [-0.1, -0.05) is 36.5 Å². The SMILES string of the molecule is CCCCS(=O)(=O)N1CCN(C(=O)c2ccc(Cl)c(Cl)c2)CC1. The van der Waals surface area contributed by atoms with Crippen molar-refractivity contribution in [2.45, 2.75) is 19.8 Å². The molecule has 1 aliphatic heterocycles. The molecule has 0 radical (unpaired) electrons. The highest BCUT2D eigenvalue weighted by Gasteiger charge is 2.28. The average molecular weight is 379 g/mol. The summed E-state index contributed by atoms with van der Waals surface area (Å²) in [5, 5.41) is 0.730. The minimum absolute atomic E-state index is 0.158. The van der Waals surface area contributed by atoms with Crippen LogP contribution in [0, 0.1) is 0 Å². The summed E-state index contributed by atoms with van der Waals surface area (Å²) in [6.07, 6.45) is 1.50. The summed E-state index contributed by atoms with van der Waals surface area (Å²) in [5.41, 5.74) is 0.460. The molecule has 2 rings (SSSR count). The topological polar surface area (TPSA) is 57.7 Å². The number of unbranched alkanes of at least 4 members (excludes halogenated alkanes) is 1. The number of halogens is 2. The molecule has 0 saturated carbocycles. The second kappa shape index (κ2) is 7.83. The molecule has 0 spiro atoms. The third-order valence-electron chi connectivity index (χ3n) is 3.84. The van der Waals surface area contributed by atoms with E-state index in [0.29, 0.717) is 48.2 Å². The number of carbonyl (C=O) groups excluding carboxylic acids is 1. The molecule has 1 aromatic carbocycles. The maximum absolute atomic E-state index is 12.4. The summed E-state index contributed by atoms with van der Waals surface area (Å²) in [4.78, 5) is 14.1. The molecule has 8 heteroatoms. The van der Waals surface area contributed by atoms with Crippen LogP contribution >= 0.6 is 23.2 Å². The molecule has 0 aliphatic carbocycles. The fourth-order valence-electron chi connectivity index (χ4n) is 2.44. The van der Waals surface area contributed by atoms with Crippen LogP contribution in [0.5, 0.6) is 0 Å². The number of piperazine rings is 1. The molecule has 1 amide bonds. The zero-order valence-corrected chi connectivity index (χ0v) is 15.3. The van der Waals surface area contributed by atoms with Gasteiger partial charge >= 0.3 is 0 Å². The molecule has 128 valence electrons. The Kier molecular flexibility index (Phi) is 6.31. The Morgan fingerprint density at radius 1 is 1.13 bits per heavy atom. The smallest absolute Gasteiger partial charge is 0.253 e. The Labute approximate surface area is 147 Å². The maximum Gasteiger partial charge on any atom is 0.253 e. The Hall–Kier alpha value is -0.820. The Bertz CT molecular complexity index is 671. The fraction of sp³-hybridized carbons (Fsp3) is 0.533. The first-order valence-electron chi connectivity index (χ1n) is 7.57. The Balaban J connectivity index is 1.98. The molecule has 5 nitrogen and oxygen atoms in total. The number of nitrogens with zero attached hydrogens (tertiary/aromatic N) is 2. The normalized spacial score (nSPS) is 16.6. The number of carbonyl (C=O) groups is 1. The van der Waals surface area contributed by atoms with Gasteiger partial charge in [0.25, 0.3) is 5.91 Å². The highest BCUT2D eigenvalue weighted by Crippen LogP contribution is 2.23. The summed E-state index contributed by atoms with van der Waals surface area (Å²) in [6, 6.07) is 4.75. The van der Waals surface area contributed by atoms with Crippen molar-refractivity contribution in [3.8, 4) is 0 Å². The summed E-state index contributed by atoms with van der Waals surface area (Å²) in [6.45, 7) is 3.39. The van der Waals surface area contributed by atoms with Gasteiger partial charge in [-0.15, -0.1) is 0 Å². The lowest BCUT2D eigenvalue weighted by molar-refractivity contribution is 0.0698. The van der Waals surface area contributed by atoms with E-state index in [1.807, 2.05) is 6.92 Å². The lowest BCUT2D eigenvalue weighted by Crippen LogP contribution is -2.51. The Morgan fingerprint density at radius 2 is 1.78 bits per heavy atom. The standard InChI is InChI=1S/C15H20Cl2N2O3S/c1-2-3-10-23(21,22)19-8-6-18(7-9-19)15(20)12-4-5-13(16)14(17)11-12/h4-5,11H,2-3,6-10H2,1H3. The van der Waals surface area contributed by atoms with Crippen molar-refractivity contribution in [3.63, 3.8) is 0 Å². The molecule has 23 heavy (non-hydrogen) atoms. The van der Waals surface area contributed by atoms with E-state index in [0.717, 1.165) is 6.42 Å². The van der Waals surface area contributed by atoms with Crippen molar-refractivity contribution in [3.05, 3.63) is 33.8 Å². The van der Waals surface area contributed by atoms with Crippen molar-refractivity contribution < 1.29 is 13.2 Å². The van der Waals surface area contributed by atoms with Gasteiger partial charge in [-0.2, -0.15) is 4.31 Å². The number of hydrogen-bond acceptors (Lipinski definition) is 3. The largest absolute Gasteiger partial charge is 0.336 e. The van der Waals surface area contributed by atoms with Crippen molar-refractivity contribution in [2.24, 2.45) is 0 Å². The van der Waals surface area contributed by atoms with E-state index in [2.05, 4.69) is 0 Å². The summed E-state index contributed by atoms with van der Waals surface area (Å²) < 4.78 is 25.8. The first-order valence-corrected chi connectivity index (χ1v) is 9.94. The molecule has 0 atom stereocenters. The number of amides is 1. The van der Waals surface area contributed by atoms with Crippen molar-refractivity contribution in [1.82, 2.24) is 9.21 Å². The van der Waals surface area contributed by atoms with Crippen LogP contribution in [0.2, 0.25) is 10.0 Å². The maximum atomic E-state index is 12.4. The van der Waals surface area contributed by atoms with Crippen LogP contribution in [0.25, 0.3) is 0 Å². The van der Waals surface area contributed by atoms with E-state index < -0.39 is 10.0 Å². The van der Waals surface area contributed by atoms with Crippen molar-refractivity contribution >= 4 is 39.1 Å². The van der Waals surface area contributed by atoms with E-state index >= 15 is 0 Å². The van der Waals surface area contributed by atoms with Crippen LogP contribution in [0.3, 0.4) is 0 Å². The highest BCUT2D eigenvalue weighted by molar-refractivity contribution is 7.89. The third kappa shape index (κ3) is 4.59. The summed E-state index contributed by atoms with van der Waals surface area (Å²) in [5.74, 6) is 0.0127. The van der Waals surface area contributed by atoms with Gasteiger partial charge in [-0.05, 0) is 24.6 Å². The second-order valence-electron chi connectivity index (χ2n) is 5.49. The Morgan fingerprint density at radius 3 is 2.35 bits per heavy atom. The number of hydrogen-bond donors (Lipinski definition) is 0. The molecule has 0 aromatic heterocycles.